The molecule has 0 aliphatic carbocycles. The van der Waals surface area contributed by atoms with E-state index in [9.17, 15) is 0 Å². The summed E-state index contributed by atoms with van der Waals surface area (Å²) in [7, 11) is 0. The molecule has 0 bridgehead atoms. The third-order valence-corrected chi connectivity index (χ3v) is 2.43. The zero-order chi connectivity index (χ0) is 10.5. The largest absolute Gasteiger partial charge is 0.379 e. The molecule has 0 amide bonds. The van der Waals surface area contributed by atoms with Crippen molar-refractivity contribution in [2.24, 2.45) is 0 Å². The maximum Gasteiger partial charge on any atom is 0.127 e. The highest BCUT2D eigenvalue weighted by Gasteiger charge is 2.22. The molecule has 1 aliphatic rings. The Morgan fingerprint density at radius 2 is 2.00 bits per heavy atom. The Kier molecular flexibility index (Phi) is 3.22. The summed E-state index contributed by atoms with van der Waals surface area (Å²) in [6.45, 7) is 2.94. The molecule has 15 heavy (non-hydrogen) atoms. The van der Waals surface area contributed by atoms with Gasteiger partial charge in [-0.3, -0.25) is 4.90 Å². The van der Waals surface area contributed by atoms with Crippen LogP contribution >= 0.6 is 0 Å². The minimum Gasteiger partial charge on any atom is -0.379 e. The minimum absolute atomic E-state index is 0.255. The summed E-state index contributed by atoms with van der Waals surface area (Å²) in [6.07, 6.45) is 4.85. The molecule has 0 radical (unpaired) electrons. The molecule has 1 aromatic rings. The standard InChI is InChI=1S/C10H12N4O/c11-5-10(9-6-12-8-13-7-9)14-1-3-15-4-2-14/h6-8,10H,1-4H2/t10-/m1/s1. The molecule has 1 atom stereocenters. The molecule has 1 aliphatic heterocycles. The molecule has 0 aromatic carbocycles. The lowest BCUT2D eigenvalue weighted by atomic mass is 10.1. The second-order valence-electron chi connectivity index (χ2n) is 3.35. The van der Waals surface area contributed by atoms with Gasteiger partial charge in [-0.25, -0.2) is 9.97 Å². The van der Waals surface area contributed by atoms with Gasteiger partial charge in [-0.05, 0) is 0 Å². The lowest BCUT2D eigenvalue weighted by Gasteiger charge is -2.30. The molecule has 0 spiro atoms. The highest BCUT2D eigenvalue weighted by atomic mass is 16.5. The predicted octanol–water partition coefficient (Wildman–Crippen LogP) is 0.373. The molecule has 78 valence electrons. The average Bonchev–Trinajstić information content (AvgIpc) is 2.33. The summed E-state index contributed by atoms with van der Waals surface area (Å²) in [5, 5.41) is 9.14. The Balaban J connectivity index is 2.14. The van der Waals surface area contributed by atoms with E-state index in [2.05, 4.69) is 20.9 Å². The van der Waals surface area contributed by atoms with Crippen LogP contribution in [0.5, 0.6) is 0 Å². The molecule has 1 fully saturated rings. The highest BCUT2D eigenvalue weighted by molar-refractivity contribution is 5.17. The van der Waals surface area contributed by atoms with Gasteiger partial charge >= 0.3 is 0 Å². The Bertz CT molecular complexity index is 342. The number of hydrogen-bond acceptors (Lipinski definition) is 5. The maximum absolute atomic E-state index is 9.14. The maximum atomic E-state index is 9.14. The number of morpholine rings is 1. The normalized spacial score (nSPS) is 19.4. The molecule has 0 N–H and O–H groups in total. The molecule has 5 heteroatoms. The van der Waals surface area contributed by atoms with Crippen molar-refractivity contribution in [2.75, 3.05) is 26.3 Å². The van der Waals surface area contributed by atoms with E-state index in [4.69, 9.17) is 10.00 Å². The van der Waals surface area contributed by atoms with Crippen molar-refractivity contribution >= 4 is 0 Å². The summed E-state index contributed by atoms with van der Waals surface area (Å²) in [5.41, 5.74) is 0.849. The van der Waals surface area contributed by atoms with Crippen molar-refractivity contribution in [1.29, 1.82) is 5.26 Å². The van der Waals surface area contributed by atoms with Gasteiger partial charge in [0, 0.05) is 31.0 Å². The van der Waals surface area contributed by atoms with E-state index in [1.807, 2.05) is 0 Å². The molecule has 1 saturated heterocycles. The second kappa shape index (κ2) is 4.82. The molecule has 1 aromatic heterocycles. The van der Waals surface area contributed by atoms with Gasteiger partial charge in [-0.15, -0.1) is 0 Å². The second-order valence-corrected chi connectivity index (χ2v) is 3.35. The van der Waals surface area contributed by atoms with E-state index in [-0.39, 0.29) is 6.04 Å². The van der Waals surface area contributed by atoms with Gasteiger partial charge in [0.05, 0.1) is 19.3 Å². The highest BCUT2D eigenvalue weighted by Crippen LogP contribution is 2.18. The first kappa shape index (κ1) is 10.0. The quantitative estimate of drug-likeness (QED) is 0.696. The third kappa shape index (κ3) is 2.29. The van der Waals surface area contributed by atoms with Crippen LogP contribution in [0, 0.1) is 11.3 Å². The molecule has 5 nitrogen and oxygen atoms in total. The summed E-state index contributed by atoms with van der Waals surface area (Å²) >= 11 is 0. The van der Waals surface area contributed by atoms with Crippen LogP contribution in [0.2, 0.25) is 0 Å². The van der Waals surface area contributed by atoms with Crippen LogP contribution in [0.4, 0.5) is 0 Å². The third-order valence-electron chi connectivity index (χ3n) is 2.43. The number of nitrogens with zero attached hydrogens (tertiary/aromatic N) is 4. The van der Waals surface area contributed by atoms with Gasteiger partial charge in [0.1, 0.15) is 12.4 Å². The van der Waals surface area contributed by atoms with Crippen LogP contribution in [0.25, 0.3) is 0 Å². The first-order chi connectivity index (χ1) is 7.42. The molecule has 0 unspecified atom stereocenters. The Morgan fingerprint density at radius 3 is 2.60 bits per heavy atom. The topological polar surface area (TPSA) is 62.0 Å². The van der Waals surface area contributed by atoms with Crippen LogP contribution in [-0.4, -0.2) is 41.2 Å². The van der Waals surface area contributed by atoms with Gasteiger partial charge in [0.25, 0.3) is 0 Å². The summed E-state index contributed by atoms with van der Waals surface area (Å²) < 4.78 is 5.25. The van der Waals surface area contributed by atoms with Crippen molar-refractivity contribution in [3.8, 4) is 6.07 Å². The van der Waals surface area contributed by atoms with Crippen LogP contribution < -0.4 is 0 Å². The van der Waals surface area contributed by atoms with Gasteiger partial charge in [0.15, 0.2) is 0 Å². The Hall–Kier alpha value is -1.51. The van der Waals surface area contributed by atoms with Crippen molar-refractivity contribution in [3.05, 3.63) is 24.3 Å². The lowest BCUT2D eigenvalue weighted by molar-refractivity contribution is 0.0265. The monoisotopic (exact) mass is 204 g/mol. The molecule has 0 saturated carbocycles. The SMILES string of the molecule is N#C[C@H](c1cncnc1)N1CCOCC1. The predicted molar refractivity (Wildman–Crippen MR) is 52.8 cm³/mol. The summed E-state index contributed by atoms with van der Waals surface area (Å²) in [5.74, 6) is 0. The first-order valence-electron chi connectivity index (χ1n) is 4.88. The van der Waals surface area contributed by atoms with Gasteiger partial charge in [0.2, 0.25) is 0 Å². The van der Waals surface area contributed by atoms with E-state index in [1.165, 1.54) is 6.33 Å². The van der Waals surface area contributed by atoms with E-state index >= 15 is 0 Å². The van der Waals surface area contributed by atoms with Crippen molar-refractivity contribution < 1.29 is 4.74 Å². The van der Waals surface area contributed by atoms with E-state index in [0.29, 0.717) is 13.2 Å². The lowest BCUT2D eigenvalue weighted by Crippen LogP contribution is -2.38. The average molecular weight is 204 g/mol. The number of hydrogen-bond donors (Lipinski definition) is 0. The minimum atomic E-state index is -0.255. The molecule has 2 heterocycles. The summed E-state index contributed by atoms with van der Waals surface area (Å²) in [6, 6.07) is 2.02. The number of aromatic nitrogens is 2. The van der Waals surface area contributed by atoms with Crippen molar-refractivity contribution in [3.63, 3.8) is 0 Å². The van der Waals surface area contributed by atoms with Crippen LogP contribution in [0.15, 0.2) is 18.7 Å². The van der Waals surface area contributed by atoms with Gasteiger partial charge < -0.3 is 4.74 Å². The van der Waals surface area contributed by atoms with Crippen LogP contribution in [0.1, 0.15) is 11.6 Å². The molecular weight excluding hydrogens is 192 g/mol. The fourth-order valence-corrected chi connectivity index (χ4v) is 1.65. The van der Waals surface area contributed by atoms with E-state index in [1.54, 1.807) is 12.4 Å². The number of rotatable bonds is 2. The van der Waals surface area contributed by atoms with Crippen molar-refractivity contribution in [1.82, 2.24) is 14.9 Å². The van der Waals surface area contributed by atoms with Crippen LogP contribution in [0.3, 0.4) is 0 Å². The Morgan fingerprint density at radius 1 is 1.33 bits per heavy atom. The van der Waals surface area contributed by atoms with Gasteiger partial charge in [-0.1, -0.05) is 0 Å². The Labute approximate surface area is 88.3 Å². The number of nitriles is 1. The first-order valence-corrected chi connectivity index (χ1v) is 4.88. The fraction of sp³-hybridized carbons (Fsp3) is 0.500. The van der Waals surface area contributed by atoms with E-state index < -0.39 is 0 Å². The van der Waals surface area contributed by atoms with E-state index in [0.717, 1.165) is 18.7 Å². The summed E-state index contributed by atoms with van der Waals surface area (Å²) in [4.78, 5) is 9.94. The van der Waals surface area contributed by atoms with Crippen LogP contribution in [-0.2, 0) is 4.74 Å². The molecule has 2 rings (SSSR count). The number of ether oxygens (including phenoxy) is 1. The zero-order valence-electron chi connectivity index (χ0n) is 8.33. The molecular formula is C10H12N4O. The smallest absolute Gasteiger partial charge is 0.127 e. The van der Waals surface area contributed by atoms with Gasteiger partial charge in [-0.2, -0.15) is 5.26 Å². The zero-order valence-corrected chi connectivity index (χ0v) is 8.33. The van der Waals surface area contributed by atoms with Crippen molar-refractivity contribution in [2.45, 2.75) is 6.04 Å². The fourth-order valence-electron chi connectivity index (χ4n) is 1.65.